The van der Waals surface area contributed by atoms with Crippen LogP contribution in [-0.4, -0.2) is 35.9 Å². The van der Waals surface area contributed by atoms with E-state index in [1.54, 1.807) is 7.11 Å². The highest BCUT2D eigenvalue weighted by atomic mass is 16.5. The second kappa shape index (κ2) is 5.48. The Bertz CT molecular complexity index is 520. The number of aromatic nitrogens is 1. The first-order valence-electron chi connectivity index (χ1n) is 8.06. The molecule has 1 aromatic heterocycles. The molecule has 0 radical (unpaired) electrons. The summed E-state index contributed by atoms with van der Waals surface area (Å²) in [4.78, 5) is 6.99. The van der Waals surface area contributed by atoms with E-state index < -0.39 is 5.60 Å². The van der Waals surface area contributed by atoms with Crippen LogP contribution in [0.2, 0.25) is 0 Å². The lowest BCUT2D eigenvalue weighted by molar-refractivity contribution is -0.0597. The third kappa shape index (κ3) is 2.50. The van der Waals surface area contributed by atoms with Gasteiger partial charge in [-0.2, -0.15) is 0 Å². The standard InChI is InChI=1S/C17H26N2O2/c1-4-17(20)9-5-6-13-10-19(11-14(13)17)16-15(21-3)8-7-12(2)18-16/h7-8,13-14,20H,4-6,9-11H2,1-3H3/t13-,14+,17-/m0/s1. The Morgan fingerprint density at radius 1 is 1.43 bits per heavy atom. The Hall–Kier alpha value is -1.29. The van der Waals surface area contributed by atoms with Crippen LogP contribution in [0.4, 0.5) is 5.82 Å². The van der Waals surface area contributed by atoms with E-state index in [9.17, 15) is 5.11 Å². The molecule has 1 saturated heterocycles. The highest BCUT2D eigenvalue weighted by Gasteiger charge is 2.48. The van der Waals surface area contributed by atoms with Gasteiger partial charge >= 0.3 is 0 Å². The van der Waals surface area contributed by atoms with Gasteiger partial charge in [0.2, 0.25) is 0 Å². The van der Waals surface area contributed by atoms with Crippen LogP contribution in [0.3, 0.4) is 0 Å². The van der Waals surface area contributed by atoms with Gasteiger partial charge < -0.3 is 14.7 Å². The van der Waals surface area contributed by atoms with E-state index in [2.05, 4.69) is 16.8 Å². The molecule has 4 nitrogen and oxygen atoms in total. The van der Waals surface area contributed by atoms with Crippen LogP contribution in [0.1, 0.15) is 38.3 Å². The molecule has 1 N–H and O–H groups in total. The molecule has 2 aliphatic rings. The molecule has 3 atom stereocenters. The molecule has 2 heterocycles. The zero-order valence-electron chi connectivity index (χ0n) is 13.3. The van der Waals surface area contributed by atoms with Crippen molar-refractivity contribution in [3.05, 3.63) is 17.8 Å². The van der Waals surface area contributed by atoms with Crippen molar-refractivity contribution in [3.63, 3.8) is 0 Å². The van der Waals surface area contributed by atoms with Gasteiger partial charge in [0.15, 0.2) is 11.6 Å². The van der Waals surface area contributed by atoms with Gasteiger partial charge in [-0.1, -0.05) is 13.3 Å². The van der Waals surface area contributed by atoms with E-state index in [-0.39, 0.29) is 0 Å². The molecule has 0 unspecified atom stereocenters. The number of nitrogens with zero attached hydrogens (tertiary/aromatic N) is 2. The summed E-state index contributed by atoms with van der Waals surface area (Å²) in [5, 5.41) is 10.9. The first-order valence-corrected chi connectivity index (χ1v) is 8.06. The average Bonchev–Trinajstić information content (AvgIpc) is 2.93. The fraction of sp³-hybridized carbons (Fsp3) is 0.706. The first kappa shape index (κ1) is 14.6. The normalized spacial score (nSPS) is 32.1. The van der Waals surface area contributed by atoms with E-state index >= 15 is 0 Å². The minimum absolute atomic E-state index is 0.364. The van der Waals surface area contributed by atoms with Gasteiger partial charge in [0.25, 0.3) is 0 Å². The van der Waals surface area contributed by atoms with Crippen molar-refractivity contribution >= 4 is 5.82 Å². The monoisotopic (exact) mass is 290 g/mol. The third-order valence-corrected chi connectivity index (χ3v) is 5.43. The number of methoxy groups -OCH3 is 1. The molecule has 1 aliphatic carbocycles. The maximum Gasteiger partial charge on any atom is 0.171 e. The number of ether oxygens (including phenoxy) is 1. The van der Waals surface area contributed by atoms with Crippen molar-refractivity contribution in [2.24, 2.45) is 11.8 Å². The summed E-state index contributed by atoms with van der Waals surface area (Å²) in [7, 11) is 1.70. The Kier molecular flexibility index (Phi) is 3.82. The van der Waals surface area contributed by atoms with Crippen molar-refractivity contribution < 1.29 is 9.84 Å². The van der Waals surface area contributed by atoms with Crippen LogP contribution >= 0.6 is 0 Å². The molecule has 1 aliphatic heterocycles. The highest BCUT2D eigenvalue weighted by molar-refractivity contribution is 5.54. The molecule has 0 amide bonds. The van der Waals surface area contributed by atoms with Crippen LogP contribution in [0.15, 0.2) is 12.1 Å². The Balaban J connectivity index is 1.88. The number of hydrogen-bond acceptors (Lipinski definition) is 4. The third-order valence-electron chi connectivity index (χ3n) is 5.43. The first-order chi connectivity index (χ1) is 10.1. The lowest BCUT2D eigenvalue weighted by atomic mass is 9.69. The second-order valence-corrected chi connectivity index (χ2v) is 6.60. The van der Waals surface area contributed by atoms with Crippen LogP contribution in [0.25, 0.3) is 0 Å². The molecule has 0 bridgehead atoms. The van der Waals surface area contributed by atoms with Crippen molar-refractivity contribution in [3.8, 4) is 5.75 Å². The summed E-state index contributed by atoms with van der Waals surface area (Å²) in [5.74, 6) is 2.71. The minimum atomic E-state index is -0.491. The number of hydrogen-bond donors (Lipinski definition) is 1. The molecule has 0 aromatic carbocycles. The zero-order valence-corrected chi connectivity index (χ0v) is 13.3. The highest BCUT2D eigenvalue weighted by Crippen LogP contribution is 2.46. The van der Waals surface area contributed by atoms with Crippen molar-refractivity contribution in [1.82, 2.24) is 4.98 Å². The van der Waals surface area contributed by atoms with Crippen LogP contribution in [0, 0.1) is 18.8 Å². The number of rotatable bonds is 3. The maximum absolute atomic E-state index is 10.9. The Morgan fingerprint density at radius 3 is 2.95 bits per heavy atom. The summed E-state index contributed by atoms with van der Waals surface area (Å²) in [6.45, 7) is 5.99. The van der Waals surface area contributed by atoms with E-state index in [0.717, 1.165) is 49.6 Å². The second-order valence-electron chi connectivity index (χ2n) is 6.60. The van der Waals surface area contributed by atoms with Gasteiger partial charge in [0.05, 0.1) is 12.7 Å². The van der Waals surface area contributed by atoms with E-state index in [1.165, 1.54) is 6.42 Å². The number of fused-ring (bicyclic) bond motifs is 1. The molecule has 2 fully saturated rings. The zero-order chi connectivity index (χ0) is 15.0. The molecule has 1 aromatic rings. The quantitative estimate of drug-likeness (QED) is 0.930. The topological polar surface area (TPSA) is 45.6 Å². The summed E-state index contributed by atoms with van der Waals surface area (Å²) < 4.78 is 5.48. The fourth-order valence-electron chi connectivity index (χ4n) is 4.16. The lowest BCUT2D eigenvalue weighted by Crippen LogP contribution is -2.44. The molecule has 3 rings (SSSR count). The summed E-state index contributed by atoms with van der Waals surface area (Å²) in [6.07, 6.45) is 4.15. The average molecular weight is 290 g/mol. The predicted octanol–water partition coefficient (Wildman–Crippen LogP) is 2.78. The van der Waals surface area contributed by atoms with Crippen LogP contribution < -0.4 is 9.64 Å². The molecule has 1 saturated carbocycles. The summed E-state index contributed by atoms with van der Waals surface area (Å²) >= 11 is 0. The van der Waals surface area contributed by atoms with E-state index in [1.807, 2.05) is 19.1 Å². The van der Waals surface area contributed by atoms with Gasteiger partial charge in [-0.05, 0) is 44.2 Å². The molecule has 4 heteroatoms. The molecule has 21 heavy (non-hydrogen) atoms. The van der Waals surface area contributed by atoms with Crippen molar-refractivity contribution in [2.75, 3.05) is 25.1 Å². The number of aliphatic hydroxyl groups is 1. The van der Waals surface area contributed by atoms with Crippen molar-refractivity contribution in [2.45, 2.75) is 45.1 Å². The van der Waals surface area contributed by atoms with Crippen LogP contribution in [-0.2, 0) is 0 Å². The fourth-order valence-corrected chi connectivity index (χ4v) is 4.16. The predicted molar refractivity (Wildman–Crippen MR) is 83.8 cm³/mol. The summed E-state index contributed by atoms with van der Waals surface area (Å²) in [6, 6.07) is 3.97. The Labute approximate surface area is 127 Å². The van der Waals surface area contributed by atoms with E-state index in [0.29, 0.717) is 11.8 Å². The largest absolute Gasteiger partial charge is 0.493 e. The number of pyridine rings is 1. The van der Waals surface area contributed by atoms with Gasteiger partial charge in [-0.3, -0.25) is 0 Å². The molecular formula is C17H26N2O2. The number of aryl methyl sites for hydroxylation is 1. The maximum atomic E-state index is 10.9. The Morgan fingerprint density at radius 2 is 2.24 bits per heavy atom. The van der Waals surface area contributed by atoms with E-state index in [4.69, 9.17) is 4.74 Å². The molecule has 0 spiro atoms. The smallest absolute Gasteiger partial charge is 0.171 e. The summed E-state index contributed by atoms with van der Waals surface area (Å²) in [5.41, 5.74) is 0.515. The van der Waals surface area contributed by atoms with Crippen molar-refractivity contribution in [1.29, 1.82) is 0 Å². The van der Waals surface area contributed by atoms with Gasteiger partial charge in [-0.25, -0.2) is 4.98 Å². The number of anilines is 1. The minimum Gasteiger partial charge on any atom is -0.493 e. The van der Waals surface area contributed by atoms with Gasteiger partial charge in [-0.15, -0.1) is 0 Å². The van der Waals surface area contributed by atoms with Gasteiger partial charge in [0.1, 0.15) is 0 Å². The molecule has 116 valence electrons. The lowest BCUT2D eigenvalue weighted by Gasteiger charge is -2.40. The molecular weight excluding hydrogens is 264 g/mol. The SMILES string of the molecule is CC[C@]1(O)CCC[C@H]2CN(c3nc(C)ccc3OC)C[C@H]21. The van der Waals surface area contributed by atoms with Crippen LogP contribution in [0.5, 0.6) is 5.75 Å². The van der Waals surface area contributed by atoms with Gasteiger partial charge in [0, 0.05) is 24.7 Å².